The average molecular weight is 572 g/mol. The van der Waals surface area contributed by atoms with E-state index < -0.39 is 18.0 Å². The molecule has 1 aliphatic rings. The third-order valence-corrected chi connectivity index (χ3v) is 7.12. The monoisotopic (exact) mass is 571 g/mol. The van der Waals surface area contributed by atoms with Crippen molar-refractivity contribution < 1.29 is 18.3 Å². The van der Waals surface area contributed by atoms with E-state index in [0.717, 1.165) is 11.6 Å². The van der Waals surface area contributed by atoms with E-state index in [1.807, 2.05) is 6.07 Å². The van der Waals surface area contributed by atoms with Crippen molar-refractivity contribution in [3.8, 4) is 11.5 Å². The first kappa shape index (κ1) is 27.0. The summed E-state index contributed by atoms with van der Waals surface area (Å²) in [6.07, 6.45) is 1.56. The Kier molecular flexibility index (Phi) is 7.07. The Bertz CT molecular complexity index is 1830. The number of benzene rings is 2. The molecular formula is C29H27F2N9O2. The number of pyridine rings is 1. The molecule has 11 nitrogen and oxygen atoms in total. The molecule has 1 fully saturated rings. The molecule has 6 rings (SSSR count). The van der Waals surface area contributed by atoms with Crippen LogP contribution in [0.25, 0.3) is 22.1 Å². The van der Waals surface area contributed by atoms with Gasteiger partial charge in [-0.05, 0) is 49.4 Å². The number of anilines is 3. The molecule has 2 atom stereocenters. The third kappa shape index (κ3) is 5.28. The molecule has 0 radical (unpaired) electrons. The fourth-order valence-corrected chi connectivity index (χ4v) is 5.00. The number of hydrogen-bond donors (Lipinski definition) is 2. The van der Waals surface area contributed by atoms with Gasteiger partial charge in [0.25, 0.3) is 0 Å². The Labute approximate surface area is 239 Å². The van der Waals surface area contributed by atoms with E-state index in [1.165, 1.54) is 6.33 Å². The molecular weight excluding hydrogens is 544 g/mol. The number of carbonyl (C=O) groups is 1. The van der Waals surface area contributed by atoms with Gasteiger partial charge in [0.1, 0.15) is 40.8 Å². The minimum Gasteiger partial charge on any atom is -0.457 e. The molecule has 1 amide bonds. The number of hydrogen-bond acceptors (Lipinski definition) is 9. The number of alkyl halides is 1. The van der Waals surface area contributed by atoms with Crippen LogP contribution in [0.5, 0.6) is 11.5 Å². The maximum absolute atomic E-state index is 15.6. The van der Waals surface area contributed by atoms with Crippen molar-refractivity contribution in [1.82, 2.24) is 35.3 Å². The van der Waals surface area contributed by atoms with Crippen molar-refractivity contribution in [1.29, 1.82) is 0 Å². The Balaban J connectivity index is 1.25. The van der Waals surface area contributed by atoms with Crippen molar-refractivity contribution in [2.45, 2.75) is 25.6 Å². The van der Waals surface area contributed by atoms with E-state index in [-0.39, 0.29) is 30.4 Å². The number of aromatic nitrogens is 6. The Morgan fingerprint density at radius 1 is 1.14 bits per heavy atom. The number of fused-ring (bicyclic) bond motifs is 2. The number of piperidine rings is 1. The summed E-state index contributed by atoms with van der Waals surface area (Å²) in [5.74, 6) is 0.740. The van der Waals surface area contributed by atoms with Crippen molar-refractivity contribution in [3.05, 3.63) is 72.8 Å². The second-order valence-electron chi connectivity index (χ2n) is 10.0. The zero-order valence-corrected chi connectivity index (χ0v) is 22.9. The van der Waals surface area contributed by atoms with Crippen molar-refractivity contribution >= 4 is 45.3 Å². The highest BCUT2D eigenvalue weighted by atomic mass is 19.1. The predicted octanol–water partition coefficient (Wildman–Crippen LogP) is 4.51. The molecule has 2 N–H and O–H groups in total. The minimum absolute atomic E-state index is 0.120. The molecule has 214 valence electrons. The van der Waals surface area contributed by atoms with Gasteiger partial charge in [0.2, 0.25) is 5.91 Å². The number of nitrogens with zero attached hydrogens (tertiary/aromatic N) is 7. The second kappa shape index (κ2) is 11.0. The molecule has 42 heavy (non-hydrogen) atoms. The molecule has 1 aliphatic heterocycles. The van der Waals surface area contributed by atoms with Crippen molar-refractivity contribution in [2.24, 2.45) is 7.05 Å². The highest BCUT2D eigenvalue weighted by Crippen LogP contribution is 2.34. The first-order valence-corrected chi connectivity index (χ1v) is 13.3. The zero-order valence-electron chi connectivity index (χ0n) is 22.9. The number of nitrogens with one attached hydrogen (secondary N) is 2. The van der Waals surface area contributed by atoms with Gasteiger partial charge in [-0.3, -0.25) is 4.79 Å². The van der Waals surface area contributed by atoms with Crippen LogP contribution in [0, 0.1) is 12.7 Å². The van der Waals surface area contributed by atoms with Gasteiger partial charge >= 0.3 is 0 Å². The van der Waals surface area contributed by atoms with Crippen LogP contribution in [-0.2, 0) is 11.8 Å². The fourth-order valence-electron chi connectivity index (χ4n) is 5.00. The molecule has 0 spiro atoms. The molecule has 1 saturated heterocycles. The summed E-state index contributed by atoms with van der Waals surface area (Å²) in [5.41, 5.74) is 2.89. The SMILES string of the molecule is C=CC(=O)N[C@@H]1C[C@@H](F)CN(c2ccc3ncnc(Nc4ccc(Oc5ccc6c(c5)nnn6C)c(C)c4F)c3n2)C1. The van der Waals surface area contributed by atoms with Gasteiger partial charge in [-0.25, -0.2) is 28.4 Å². The summed E-state index contributed by atoms with van der Waals surface area (Å²) >= 11 is 0. The molecule has 3 aromatic heterocycles. The first-order valence-electron chi connectivity index (χ1n) is 13.3. The molecule has 2 aromatic carbocycles. The summed E-state index contributed by atoms with van der Waals surface area (Å²) in [4.78, 5) is 26.8. The molecule has 0 saturated carbocycles. The Hall–Kier alpha value is -5.20. The van der Waals surface area contributed by atoms with Gasteiger partial charge in [-0.1, -0.05) is 11.8 Å². The average Bonchev–Trinajstić information content (AvgIpc) is 3.36. The topological polar surface area (TPSA) is 123 Å². The van der Waals surface area contributed by atoms with Gasteiger partial charge in [0.05, 0.1) is 23.3 Å². The summed E-state index contributed by atoms with van der Waals surface area (Å²) in [6.45, 7) is 5.56. The number of halogens is 2. The smallest absolute Gasteiger partial charge is 0.243 e. The standard InChI is InChI=1S/C29H27F2N9O2/c1-4-26(41)34-18-11-17(30)13-40(14-18)25-10-7-21-28(36-25)29(33-15-32-21)35-20-6-9-24(16(2)27(20)31)42-19-5-8-23-22(12-19)37-38-39(23)3/h4-10,12,15,17-18H,1,11,13-14H2,2-3H3,(H,34,41)(H,32,33,35)/t17-,18-/m1/s1. The number of amides is 1. The highest BCUT2D eigenvalue weighted by Gasteiger charge is 2.29. The largest absolute Gasteiger partial charge is 0.457 e. The predicted molar refractivity (Wildman–Crippen MR) is 154 cm³/mol. The van der Waals surface area contributed by atoms with Crippen molar-refractivity contribution in [3.63, 3.8) is 0 Å². The quantitative estimate of drug-likeness (QED) is 0.272. The van der Waals surface area contributed by atoms with Crippen LogP contribution in [0.15, 0.2) is 61.4 Å². The van der Waals surface area contributed by atoms with E-state index in [1.54, 1.807) is 60.0 Å². The van der Waals surface area contributed by atoms with Gasteiger partial charge < -0.3 is 20.3 Å². The molecule has 0 unspecified atom stereocenters. The first-order chi connectivity index (χ1) is 20.3. The van der Waals surface area contributed by atoms with Crippen LogP contribution >= 0.6 is 0 Å². The van der Waals surface area contributed by atoms with E-state index in [0.29, 0.717) is 46.0 Å². The molecule has 4 heterocycles. The lowest BCUT2D eigenvalue weighted by Gasteiger charge is -2.35. The number of carbonyl (C=O) groups excluding carboxylic acids is 1. The fraction of sp³-hybridized carbons (Fsp3) is 0.241. The Morgan fingerprint density at radius 2 is 2.00 bits per heavy atom. The van der Waals surface area contributed by atoms with Crippen LogP contribution in [-0.4, -0.2) is 61.2 Å². The lowest BCUT2D eigenvalue weighted by molar-refractivity contribution is -0.117. The van der Waals surface area contributed by atoms with Crippen LogP contribution in [0.4, 0.5) is 26.1 Å². The summed E-state index contributed by atoms with van der Waals surface area (Å²) < 4.78 is 37.8. The lowest BCUT2D eigenvalue weighted by atomic mass is 10.0. The van der Waals surface area contributed by atoms with Crippen LogP contribution < -0.4 is 20.3 Å². The van der Waals surface area contributed by atoms with Gasteiger partial charge in [0.15, 0.2) is 11.6 Å². The second-order valence-corrected chi connectivity index (χ2v) is 10.0. The maximum atomic E-state index is 15.6. The number of rotatable bonds is 7. The van der Waals surface area contributed by atoms with Gasteiger partial charge in [0, 0.05) is 37.7 Å². The van der Waals surface area contributed by atoms with Crippen molar-refractivity contribution in [2.75, 3.05) is 23.3 Å². The summed E-state index contributed by atoms with van der Waals surface area (Å²) in [7, 11) is 1.80. The van der Waals surface area contributed by atoms with Gasteiger partial charge in [-0.15, -0.1) is 5.10 Å². The molecule has 0 aliphatic carbocycles. The van der Waals surface area contributed by atoms with E-state index in [9.17, 15) is 9.18 Å². The van der Waals surface area contributed by atoms with E-state index in [4.69, 9.17) is 9.72 Å². The zero-order chi connectivity index (χ0) is 29.4. The number of ether oxygens (including phenoxy) is 1. The normalized spacial score (nSPS) is 16.9. The van der Waals surface area contributed by atoms with Crippen LogP contribution in [0.3, 0.4) is 0 Å². The Morgan fingerprint density at radius 3 is 2.83 bits per heavy atom. The molecule has 5 aromatic rings. The minimum atomic E-state index is -1.16. The third-order valence-electron chi connectivity index (χ3n) is 7.12. The molecule has 13 heteroatoms. The van der Waals surface area contributed by atoms with E-state index in [2.05, 4.69) is 37.5 Å². The summed E-state index contributed by atoms with van der Waals surface area (Å²) in [6, 6.07) is 11.7. The van der Waals surface area contributed by atoms with E-state index >= 15 is 4.39 Å². The summed E-state index contributed by atoms with van der Waals surface area (Å²) in [5, 5.41) is 13.9. The highest BCUT2D eigenvalue weighted by molar-refractivity contribution is 5.89. The maximum Gasteiger partial charge on any atom is 0.243 e. The molecule has 0 bridgehead atoms. The van der Waals surface area contributed by atoms with Crippen LogP contribution in [0.1, 0.15) is 12.0 Å². The lowest BCUT2D eigenvalue weighted by Crippen LogP contribution is -2.51. The van der Waals surface area contributed by atoms with Crippen LogP contribution in [0.2, 0.25) is 0 Å². The van der Waals surface area contributed by atoms with Gasteiger partial charge in [-0.2, -0.15) is 0 Å². The number of aryl methyl sites for hydroxylation is 1.